The standard InChI is InChI=1S/C27H31N3O3/c1-17(2)25-24(20-12-14-22(15-13-20)28-26(32)21-9-5-6-10-21)27(33-19(4)31)30(29-25)23-11-7-8-18(3)16-23/h7-8,11-17,21H,5-6,9-10H2,1-4H3,(H,28,32). The maximum atomic E-state index is 12.5. The lowest BCUT2D eigenvalue weighted by atomic mass is 9.99. The Morgan fingerprint density at radius 3 is 2.39 bits per heavy atom. The topological polar surface area (TPSA) is 73.2 Å². The van der Waals surface area contributed by atoms with E-state index in [0.717, 1.165) is 59.4 Å². The summed E-state index contributed by atoms with van der Waals surface area (Å²) in [5, 5.41) is 7.88. The zero-order chi connectivity index (χ0) is 23.5. The second kappa shape index (κ2) is 9.61. The van der Waals surface area contributed by atoms with Gasteiger partial charge in [0.25, 0.3) is 0 Å². The minimum atomic E-state index is -0.402. The zero-order valence-corrected chi connectivity index (χ0v) is 19.7. The van der Waals surface area contributed by atoms with Crippen LogP contribution in [0.2, 0.25) is 0 Å². The number of ether oxygens (including phenoxy) is 1. The number of hydrogen-bond acceptors (Lipinski definition) is 4. The van der Waals surface area contributed by atoms with E-state index < -0.39 is 5.97 Å². The molecule has 0 aliphatic heterocycles. The predicted octanol–water partition coefficient (Wildman–Crippen LogP) is 6.03. The summed E-state index contributed by atoms with van der Waals surface area (Å²) < 4.78 is 7.41. The summed E-state index contributed by atoms with van der Waals surface area (Å²) in [6.07, 6.45) is 4.18. The van der Waals surface area contributed by atoms with Crippen LogP contribution in [0, 0.1) is 12.8 Å². The summed E-state index contributed by atoms with van der Waals surface area (Å²) in [6, 6.07) is 15.6. The van der Waals surface area contributed by atoms with E-state index in [1.807, 2.05) is 55.5 Å². The molecule has 1 aromatic heterocycles. The highest BCUT2D eigenvalue weighted by atomic mass is 16.5. The smallest absolute Gasteiger partial charge is 0.309 e. The van der Waals surface area contributed by atoms with Gasteiger partial charge in [-0.25, -0.2) is 0 Å². The van der Waals surface area contributed by atoms with Crippen LogP contribution in [0.1, 0.15) is 63.6 Å². The van der Waals surface area contributed by atoms with Gasteiger partial charge < -0.3 is 10.1 Å². The Morgan fingerprint density at radius 2 is 1.79 bits per heavy atom. The third kappa shape index (κ3) is 5.00. The fraction of sp³-hybridized carbons (Fsp3) is 0.370. The maximum Gasteiger partial charge on any atom is 0.309 e. The van der Waals surface area contributed by atoms with E-state index in [2.05, 4.69) is 19.2 Å². The van der Waals surface area contributed by atoms with Gasteiger partial charge in [-0.2, -0.15) is 9.78 Å². The highest BCUT2D eigenvalue weighted by Crippen LogP contribution is 2.39. The minimum Gasteiger partial charge on any atom is -0.407 e. The van der Waals surface area contributed by atoms with Crippen LogP contribution in [-0.2, 0) is 9.59 Å². The van der Waals surface area contributed by atoms with Gasteiger partial charge in [0.05, 0.1) is 16.9 Å². The van der Waals surface area contributed by atoms with Crippen molar-refractivity contribution in [1.29, 1.82) is 0 Å². The van der Waals surface area contributed by atoms with E-state index >= 15 is 0 Å². The number of amides is 1. The fourth-order valence-electron chi connectivity index (χ4n) is 4.41. The van der Waals surface area contributed by atoms with Gasteiger partial charge >= 0.3 is 5.97 Å². The number of nitrogens with one attached hydrogen (secondary N) is 1. The molecule has 1 saturated carbocycles. The van der Waals surface area contributed by atoms with Gasteiger partial charge in [-0.3, -0.25) is 9.59 Å². The van der Waals surface area contributed by atoms with Crippen LogP contribution >= 0.6 is 0 Å². The number of nitrogens with zero attached hydrogens (tertiary/aromatic N) is 2. The van der Waals surface area contributed by atoms with Crippen LogP contribution in [-0.4, -0.2) is 21.7 Å². The molecule has 172 valence electrons. The lowest BCUT2D eigenvalue weighted by Gasteiger charge is -2.12. The van der Waals surface area contributed by atoms with Crippen molar-refractivity contribution in [2.45, 2.75) is 59.3 Å². The molecule has 6 heteroatoms. The molecule has 2 aromatic carbocycles. The number of carbonyl (C=O) groups excluding carboxylic acids is 2. The largest absolute Gasteiger partial charge is 0.407 e. The molecular formula is C27H31N3O3. The summed E-state index contributed by atoms with van der Waals surface area (Å²) >= 11 is 0. The van der Waals surface area contributed by atoms with E-state index in [9.17, 15) is 9.59 Å². The number of hydrogen-bond donors (Lipinski definition) is 1. The lowest BCUT2D eigenvalue weighted by molar-refractivity contribution is -0.132. The lowest BCUT2D eigenvalue weighted by Crippen LogP contribution is -2.20. The normalized spacial score (nSPS) is 14.0. The van der Waals surface area contributed by atoms with E-state index in [0.29, 0.717) is 5.88 Å². The van der Waals surface area contributed by atoms with Crippen molar-refractivity contribution in [2.75, 3.05) is 5.32 Å². The first-order valence-electron chi connectivity index (χ1n) is 11.6. The SMILES string of the molecule is CC(=O)Oc1c(-c2ccc(NC(=O)C3CCCC3)cc2)c(C(C)C)nn1-c1cccc(C)c1. The van der Waals surface area contributed by atoms with Crippen molar-refractivity contribution < 1.29 is 14.3 Å². The van der Waals surface area contributed by atoms with E-state index in [-0.39, 0.29) is 17.7 Å². The summed E-state index contributed by atoms with van der Waals surface area (Å²) in [4.78, 5) is 24.5. The molecule has 3 aromatic rings. The van der Waals surface area contributed by atoms with Crippen LogP contribution < -0.4 is 10.1 Å². The average molecular weight is 446 g/mol. The third-order valence-electron chi connectivity index (χ3n) is 6.07. The molecule has 0 radical (unpaired) electrons. The molecule has 1 aliphatic rings. The molecule has 1 N–H and O–H groups in total. The molecule has 0 atom stereocenters. The van der Waals surface area contributed by atoms with Crippen molar-refractivity contribution in [1.82, 2.24) is 9.78 Å². The highest BCUT2D eigenvalue weighted by Gasteiger charge is 2.26. The van der Waals surface area contributed by atoms with Crippen molar-refractivity contribution in [3.63, 3.8) is 0 Å². The molecule has 0 unspecified atom stereocenters. The molecular weight excluding hydrogens is 414 g/mol. The Hall–Kier alpha value is -3.41. The molecule has 0 spiro atoms. The van der Waals surface area contributed by atoms with Crippen molar-refractivity contribution >= 4 is 17.6 Å². The monoisotopic (exact) mass is 445 g/mol. The van der Waals surface area contributed by atoms with Crippen molar-refractivity contribution in [2.24, 2.45) is 5.92 Å². The number of rotatable bonds is 6. The Bertz CT molecular complexity index is 1160. The third-order valence-corrected chi connectivity index (χ3v) is 6.07. The Kier molecular flexibility index (Phi) is 6.63. The number of benzene rings is 2. The van der Waals surface area contributed by atoms with Crippen molar-refractivity contribution in [3.05, 3.63) is 59.8 Å². The van der Waals surface area contributed by atoms with Gasteiger partial charge in [-0.1, -0.05) is 51.0 Å². The van der Waals surface area contributed by atoms with Crippen molar-refractivity contribution in [3.8, 4) is 22.7 Å². The molecule has 1 heterocycles. The summed E-state index contributed by atoms with van der Waals surface area (Å²) in [5.41, 5.74) is 5.20. The molecule has 33 heavy (non-hydrogen) atoms. The first kappa shape index (κ1) is 22.8. The van der Waals surface area contributed by atoms with E-state index in [4.69, 9.17) is 9.84 Å². The number of anilines is 1. The van der Waals surface area contributed by atoms with Crippen LogP contribution in [0.3, 0.4) is 0 Å². The van der Waals surface area contributed by atoms with Crippen LogP contribution in [0.4, 0.5) is 5.69 Å². The molecule has 6 nitrogen and oxygen atoms in total. The van der Waals surface area contributed by atoms with E-state index in [1.165, 1.54) is 6.92 Å². The first-order chi connectivity index (χ1) is 15.8. The summed E-state index contributed by atoms with van der Waals surface area (Å²) in [7, 11) is 0. The van der Waals surface area contributed by atoms with Gasteiger partial charge in [0, 0.05) is 18.5 Å². The van der Waals surface area contributed by atoms with E-state index in [1.54, 1.807) is 4.68 Å². The highest BCUT2D eigenvalue weighted by molar-refractivity contribution is 5.93. The predicted molar refractivity (Wildman–Crippen MR) is 130 cm³/mol. The van der Waals surface area contributed by atoms with Gasteiger partial charge in [0.2, 0.25) is 11.8 Å². The Labute approximate surface area is 195 Å². The second-order valence-electron chi connectivity index (χ2n) is 9.11. The fourth-order valence-corrected chi connectivity index (χ4v) is 4.41. The zero-order valence-electron chi connectivity index (χ0n) is 19.7. The minimum absolute atomic E-state index is 0.0935. The molecule has 1 fully saturated rings. The second-order valence-corrected chi connectivity index (χ2v) is 9.11. The first-order valence-corrected chi connectivity index (χ1v) is 11.6. The molecule has 1 aliphatic carbocycles. The summed E-state index contributed by atoms with van der Waals surface area (Å²) in [5.74, 6) is 0.318. The maximum absolute atomic E-state index is 12.5. The van der Waals surface area contributed by atoms with Gasteiger partial charge in [-0.05, 0) is 61.1 Å². The molecule has 0 bridgehead atoms. The number of esters is 1. The van der Waals surface area contributed by atoms with Crippen LogP contribution in [0.15, 0.2) is 48.5 Å². The van der Waals surface area contributed by atoms with Gasteiger partial charge in [0.15, 0.2) is 0 Å². The van der Waals surface area contributed by atoms with Gasteiger partial charge in [-0.15, -0.1) is 0 Å². The molecule has 0 saturated heterocycles. The Morgan fingerprint density at radius 1 is 1.09 bits per heavy atom. The molecule has 4 rings (SSSR count). The van der Waals surface area contributed by atoms with Crippen LogP contribution in [0.5, 0.6) is 5.88 Å². The van der Waals surface area contributed by atoms with Gasteiger partial charge in [0.1, 0.15) is 0 Å². The number of carbonyl (C=O) groups is 2. The summed E-state index contributed by atoms with van der Waals surface area (Å²) in [6.45, 7) is 7.55. The average Bonchev–Trinajstić information content (AvgIpc) is 3.43. The Balaban J connectivity index is 1.74. The number of aromatic nitrogens is 2. The molecule has 1 amide bonds. The van der Waals surface area contributed by atoms with Crippen LogP contribution in [0.25, 0.3) is 16.8 Å². The number of aryl methyl sites for hydroxylation is 1. The quantitative estimate of drug-likeness (QED) is 0.471.